The summed E-state index contributed by atoms with van der Waals surface area (Å²) in [4.78, 5) is 49.6. The summed E-state index contributed by atoms with van der Waals surface area (Å²) in [5, 5.41) is 12.5. The zero-order chi connectivity index (χ0) is 36.7. The number of aryl methyl sites for hydroxylation is 2. The number of nitrogens with zero attached hydrogens (tertiary/aromatic N) is 3. The van der Waals surface area contributed by atoms with Crippen molar-refractivity contribution in [2.45, 2.75) is 72.2 Å². The maximum Gasteiger partial charge on any atom is 0.408 e. The number of carbonyl (C=O) groups is 3. The molecule has 0 radical (unpaired) electrons. The number of nitrogens with one attached hydrogen (secondary N) is 2. The van der Waals surface area contributed by atoms with Crippen LogP contribution in [0, 0.1) is 25.2 Å². The van der Waals surface area contributed by atoms with Crippen LogP contribution in [-0.4, -0.2) is 58.6 Å². The molecule has 0 spiro atoms. The summed E-state index contributed by atoms with van der Waals surface area (Å²) in [5.41, 5.74) is 9.85. The maximum absolute atomic E-state index is 14.9. The Balaban J connectivity index is 1.81. The predicted octanol–water partition coefficient (Wildman–Crippen LogP) is 5.91. The number of nitriles is 1. The maximum atomic E-state index is 14.9. The SMILES string of the molecule is COc1ccc(CN(C(=O)C(Cc2c(C)cc(C(N)=O)cc2C)NC(=O)OC(C)(C)C)C(C)c2ncc(-c3ccccc3C#N)[nH]2)cc1OC. The van der Waals surface area contributed by atoms with Gasteiger partial charge in [-0.3, -0.25) is 9.59 Å². The topological polar surface area (TPSA) is 173 Å². The highest BCUT2D eigenvalue weighted by Gasteiger charge is 2.33. The molecule has 0 bridgehead atoms. The second kappa shape index (κ2) is 15.6. The van der Waals surface area contributed by atoms with Crippen LogP contribution in [0.4, 0.5) is 4.79 Å². The lowest BCUT2D eigenvalue weighted by Gasteiger charge is -2.33. The van der Waals surface area contributed by atoms with Crippen molar-refractivity contribution in [3.05, 3.63) is 100.0 Å². The number of H-pyrrole nitrogens is 1. The summed E-state index contributed by atoms with van der Waals surface area (Å²) in [7, 11) is 3.08. The lowest BCUT2D eigenvalue weighted by molar-refractivity contribution is -0.136. The zero-order valence-corrected chi connectivity index (χ0v) is 29.7. The molecule has 4 rings (SSSR count). The normalized spacial score (nSPS) is 12.3. The molecule has 0 saturated carbocycles. The summed E-state index contributed by atoms with van der Waals surface area (Å²) in [6.07, 6.45) is 0.972. The fraction of sp³-hybridized carbons (Fsp3) is 0.342. The summed E-state index contributed by atoms with van der Waals surface area (Å²) in [5.74, 6) is 0.515. The van der Waals surface area contributed by atoms with E-state index in [-0.39, 0.29) is 13.0 Å². The van der Waals surface area contributed by atoms with Gasteiger partial charge in [0.05, 0.1) is 43.8 Å². The van der Waals surface area contributed by atoms with Crippen LogP contribution in [0.15, 0.2) is 60.8 Å². The standard InChI is InChI=1S/C38H44N6O6/c1-22-15-27(34(40)45)16-23(2)29(22)18-30(43-37(47)50-38(4,5)6)36(46)44(21-25-13-14-32(48-7)33(17-25)49-8)24(3)35-41-20-31(42-35)28-12-10-9-11-26(28)19-39/h9-17,20,24,30H,18,21H2,1-8H3,(H2,40,45)(H,41,42)(H,43,47). The van der Waals surface area contributed by atoms with E-state index in [1.54, 1.807) is 75.4 Å². The first-order valence-corrected chi connectivity index (χ1v) is 16.1. The minimum atomic E-state index is -1.09. The largest absolute Gasteiger partial charge is 0.493 e. The number of hydrogen-bond donors (Lipinski definition) is 3. The van der Waals surface area contributed by atoms with Gasteiger partial charge in [0.15, 0.2) is 11.5 Å². The van der Waals surface area contributed by atoms with E-state index in [9.17, 15) is 19.6 Å². The van der Waals surface area contributed by atoms with Crippen LogP contribution in [0.25, 0.3) is 11.3 Å². The molecule has 3 aromatic carbocycles. The van der Waals surface area contributed by atoms with Gasteiger partial charge in [0.1, 0.15) is 17.5 Å². The number of hydrogen-bond acceptors (Lipinski definition) is 8. The second-order valence-corrected chi connectivity index (χ2v) is 13.0. The molecule has 12 nitrogen and oxygen atoms in total. The number of nitrogens with two attached hydrogens (primary N) is 1. The number of primary amides is 1. The average Bonchev–Trinajstić information content (AvgIpc) is 3.57. The van der Waals surface area contributed by atoms with Gasteiger partial charge in [-0.25, -0.2) is 9.78 Å². The number of ether oxygens (including phenoxy) is 3. The van der Waals surface area contributed by atoms with Crippen LogP contribution < -0.4 is 20.5 Å². The Bertz CT molecular complexity index is 1900. The lowest BCUT2D eigenvalue weighted by atomic mass is 9.93. The van der Waals surface area contributed by atoms with Crippen molar-refractivity contribution in [1.29, 1.82) is 5.26 Å². The van der Waals surface area contributed by atoms with Crippen molar-refractivity contribution >= 4 is 17.9 Å². The molecule has 3 amide bonds. The van der Waals surface area contributed by atoms with Crippen molar-refractivity contribution < 1.29 is 28.6 Å². The Kier molecular flexibility index (Phi) is 11.5. The number of aromatic amines is 1. The van der Waals surface area contributed by atoms with Gasteiger partial charge in [0.2, 0.25) is 11.8 Å². The Morgan fingerprint density at radius 3 is 2.28 bits per heavy atom. The molecule has 1 aromatic heterocycles. The van der Waals surface area contributed by atoms with Gasteiger partial charge in [-0.05, 0) is 94.1 Å². The molecular formula is C38H44N6O6. The highest BCUT2D eigenvalue weighted by Crippen LogP contribution is 2.31. The molecule has 2 unspecified atom stereocenters. The summed E-state index contributed by atoms with van der Waals surface area (Å²) in [6, 6.07) is 16.4. The monoisotopic (exact) mass is 680 g/mol. The van der Waals surface area contributed by atoms with Crippen molar-refractivity contribution in [2.24, 2.45) is 5.73 Å². The van der Waals surface area contributed by atoms with Crippen LogP contribution in [0.5, 0.6) is 11.5 Å². The third-order valence-corrected chi connectivity index (χ3v) is 8.26. The molecule has 4 aromatic rings. The summed E-state index contributed by atoms with van der Waals surface area (Å²) >= 11 is 0. The number of carbonyl (C=O) groups excluding carboxylic acids is 3. The highest BCUT2D eigenvalue weighted by molar-refractivity contribution is 5.93. The van der Waals surface area contributed by atoms with Crippen LogP contribution >= 0.6 is 0 Å². The number of aromatic nitrogens is 2. The van der Waals surface area contributed by atoms with Crippen molar-refractivity contribution in [3.63, 3.8) is 0 Å². The van der Waals surface area contributed by atoms with Gasteiger partial charge in [-0.2, -0.15) is 5.26 Å². The molecule has 50 heavy (non-hydrogen) atoms. The molecule has 4 N–H and O–H groups in total. The van der Waals surface area contributed by atoms with E-state index in [0.29, 0.717) is 39.7 Å². The highest BCUT2D eigenvalue weighted by atomic mass is 16.6. The number of methoxy groups -OCH3 is 2. The van der Waals surface area contributed by atoms with Gasteiger partial charge >= 0.3 is 6.09 Å². The fourth-order valence-corrected chi connectivity index (χ4v) is 5.74. The smallest absolute Gasteiger partial charge is 0.408 e. The molecule has 0 aliphatic carbocycles. The van der Waals surface area contributed by atoms with E-state index >= 15 is 0 Å². The molecule has 1 heterocycles. The van der Waals surface area contributed by atoms with E-state index in [0.717, 1.165) is 22.3 Å². The van der Waals surface area contributed by atoms with E-state index in [2.05, 4.69) is 21.4 Å². The first kappa shape index (κ1) is 37.0. The first-order valence-electron chi connectivity index (χ1n) is 16.1. The number of alkyl carbamates (subject to hydrolysis) is 1. The second-order valence-electron chi connectivity index (χ2n) is 13.0. The molecule has 0 aliphatic heterocycles. The number of amides is 3. The van der Waals surface area contributed by atoms with Crippen LogP contribution in [0.3, 0.4) is 0 Å². The Morgan fingerprint density at radius 1 is 1.02 bits per heavy atom. The van der Waals surface area contributed by atoms with Crippen molar-refractivity contribution in [2.75, 3.05) is 14.2 Å². The van der Waals surface area contributed by atoms with Gasteiger partial charge in [0, 0.05) is 24.1 Å². The Morgan fingerprint density at radius 2 is 1.68 bits per heavy atom. The van der Waals surface area contributed by atoms with E-state index < -0.39 is 35.6 Å². The third kappa shape index (κ3) is 8.79. The molecule has 262 valence electrons. The van der Waals surface area contributed by atoms with E-state index in [1.807, 2.05) is 39.0 Å². The molecule has 2 atom stereocenters. The van der Waals surface area contributed by atoms with Crippen molar-refractivity contribution in [3.8, 4) is 28.8 Å². The molecule has 12 heteroatoms. The van der Waals surface area contributed by atoms with E-state index in [1.165, 1.54) is 7.11 Å². The predicted molar refractivity (Wildman–Crippen MR) is 189 cm³/mol. The van der Waals surface area contributed by atoms with Crippen LogP contribution in [0.1, 0.15) is 77.7 Å². The molecule has 0 fully saturated rings. The quantitative estimate of drug-likeness (QED) is 0.166. The van der Waals surface area contributed by atoms with Gasteiger partial charge in [-0.1, -0.05) is 24.3 Å². The number of imidazole rings is 1. The van der Waals surface area contributed by atoms with Crippen LogP contribution in [-0.2, 0) is 22.5 Å². The Labute approximate surface area is 292 Å². The lowest BCUT2D eigenvalue weighted by Crippen LogP contribution is -2.51. The van der Waals surface area contributed by atoms with Gasteiger partial charge in [-0.15, -0.1) is 0 Å². The third-order valence-electron chi connectivity index (χ3n) is 8.26. The van der Waals surface area contributed by atoms with Crippen LogP contribution in [0.2, 0.25) is 0 Å². The first-order chi connectivity index (χ1) is 23.6. The Hall–Kier alpha value is -5.83. The van der Waals surface area contributed by atoms with Gasteiger partial charge < -0.3 is 35.1 Å². The molecule has 0 saturated heterocycles. The minimum Gasteiger partial charge on any atom is -0.493 e. The number of benzene rings is 3. The minimum absolute atomic E-state index is 0.100. The average molecular weight is 681 g/mol. The van der Waals surface area contributed by atoms with Gasteiger partial charge in [0.25, 0.3) is 0 Å². The van der Waals surface area contributed by atoms with E-state index in [4.69, 9.17) is 19.9 Å². The summed E-state index contributed by atoms with van der Waals surface area (Å²) in [6.45, 7) is 10.8. The fourth-order valence-electron chi connectivity index (χ4n) is 5.74. The summed E-state index contributed by atoms with van der Waals surface area (Å²) < 4.78 is 16.5. The molecular weight excluding hydrogens is 636 g/mol. The zero-order valence-electron chi connectivity index (χ0n) is 29.7. The van der Waals surface area contributed by atoms with Crippen molar-refractivity contribution in [1.82, 2.24) is 20.2 Å². The number of rotatable bonds is 12. The molecule has 0 aliphatic rings.